The lowest BCUT2D eigenvalue weighted by atomic mass is 10.3. The normalized spacial score (nSPS) is 12.3. The zero-order valence-corrected chi connectivity index (χ0v) is 15.3. The van der Waals surface area contributed by atoms with E-state index in [1.54, 1.807) is 31.2 Å². The number of nitrogens with one attached hydrogen (secondary N) is 2. The van der Waals surface area contributed by atoms with Crippen molar-refractivity contribution in [1.29, 1.82) is 0 Å². The van der Waals surface area contributed by atoms with Gasteiger partial charge in [-0.1, -0.05) is 23.4 Å². The number of aromatic amines is 1. The van der Waals surface area contributed by atoms with E-state index in [1.165, 1.54) is 23.1 Å². The van der Waals surface area contributed by atoms with Crippen molar-refractivity contribution in [3.05, 3.63) is 50.6 Å². The van der Waals surface area contributed by atoms with Crippen LogP contribution in [0.5, 0.6) is 0 Å². The Labute approximate surface area is 151 Å². The molecule has 8 heteroatoms. The van der Waals surface area contributed by atoms with Crippen LogP contribution in [-0.2, 0) is 4.79 Å². The summed E-state index contributed by atoms with van der Waals surface area (Å²) in [4.78, 5) is 33.2. The van der Waals surface area contributed by atoms with E-state index in [4.69, 9.17) is 11.6 Å². The molecule has 0 aliphatic heterocycles. The van der Waals surface area contributed by atoms with Crippen molar-refractivity contribution in [3.63, 3.8) is 0 Å². The number of fused-ring (bicyclic) bond motifs is 1. The van der Waals surface area contributed by atoms with Crippen LogP contribution in [0.3, 0.4) is 0 Å². The van der Waals surface area contributed by atoms with Gasteiger partial charge in [0.1, 0.15) is 4.83 Å². The molecule has 0 saturated heterocycles. The van der Waals surface area contributed by atoms with E-state index in [0.29, 0.717) is 26.1 Å². The number of H-pyrrole nitrogens is 1. The monoisotopic (exact) mass is 379 g/mol. The standard InChI is InChI=1S/C16H14ClN3O2S2/c1-8-7-12-14(22)19-16(20-15(12)23-8)24-9(2)13(21)18-11-5-3-10(17)4-6-11/h3-7,9H,1-2H3,(H,18,21)(H,19,20,22). The first-order valence-corrected chi connectivity index (χ1v) is 9.23. The van der Waals surface area contributed by atoms with E-state index < -0.39 is 5.25 Å². The minimum absolute atomic E-state index is 0.174. The van der Waals surface area contributed by atoms with Crippen molar-refractivity contribution in [2.45, 2.75) is 24.3 Å². The molecule has 24 heavy (non-hydrogen) atoms. The Hall–Kier alpha value is -1.83. The lowest BCUT2D eigenvalue weighted by molar-refractivity contribution is -0.115. The van der Waals surface area contributed by atoms with E-state index in [0.717, 1.165) is 4.88 Å². The molecular weight excluding hydrogens is 366 g/mol. The van der Waals surface area contributed by atoms with Gasteiger partial charge in [-0.25, -0.2) is 4.98 Å². The van der Waals surface area contributed by atoms with Gasteiger partial charge in [0.2, 0.25) is 5.91 Å². The first-order valence-electron chi connectivity index (χ1n) is 7.16. The van der Waals surface area contributed by atoms with Gasteiger partial charge in [-0.15, -0.1) is 11.3 Å². The molecule has 1 unspecified atom stereocenters. The summed E-state index contributed by atoms with van der Waals surface area (Å²) < 4.78 is 0. The third-order valence-corrected chi connectivity index (χ3v) is 5.45. The second-order valence-electron chi connectivity index (χ2n) is 5.20. The maximum atomic E-state index is 12.3. The van der Waals surface area contributed by atoms with E-state index >= 15 is 0 Å². The molecule has 2 N–H and O–H groups in total. The summed E-state index contributed by atoms with van der Waals surface area (Å²) >= 11 is 8.50. The molecule has 0 bridgehead atoms. The number of thiophene rings is 1. The Balaban J connectivity index is 1.74. The fraction of sp³-hybridized carbons (Fsp3) is 0.188. The van der Waals surface area contributed by atoms with Crippen molar-refractivity contribution in [1.82, 2.24) is 9.97 Å². The van der Waals surface area contributed by atoms with E-state index in [1.807, 2.05) is 13.0 Å². The Morgan fingerprint density at radius 1 is 1.38 bits per heavy atom. The molecule has 124 valence electrons. The summed E-state index contributed by atoms with van der Waals surface area (Å²) in [6.07, 6.45) is 0. The molecule has 0 aliphatic rings. The molecule has 0 aliphatic carbocycles. The summed E-state index contributed by atoms with van der Waals surface area (Å²) in [5.74, 6) is -0.174. The number of rotatable bonds is 4. The Morgan fingerprint density at radius 2 is 2.08 bits per heavy atom. The van der Waals surface area contributed by atoms with Crippen LogP contribution in [0.1, 0.15) is 11.8 Å². The molecule has 1 atom stereocenters. The Morgan fingerprint density at radius 3 is 2.79 bits per heavy atom. The second kappa shape index (κ2) is 6.96. The SMILES string of the molecule is Cc1cc2c(=O)[nH]c(SC(C)C(=O)Nc3ccc(Cl)cc3)nc2s1. The number of thioether (sulfide) groups is 1. The van der Waals surface area contributed by atoms with Crippen LogP contribution in [0, 0.1) is 6.92 Å². The summed E-state index contributed by atoms with van der Waals surface area (Å²) in [7, 11) is 0. The summed E-state index contributed by atoms with van der Waals surface area (Å²) in [5.41, 5.74) is 0.486. The lowest BCUT2D eigenvalue weighted by Gasteiger charge is -2.11. The highest BCUT2D eigenvalue weighted by molar-refractivity contribution is 8.00. The Kier molecular flexibility index (Phi) is 4.93. The number of aryl methyl sites for hydroxylation is 1. The van der Waals surface area contributed by atoms with Crippen LogP contribution in [0.2, 0.25) is 5.02 Å². The number of aromatic nitrogens is 2. The molecule has 3 rings (SSSR count). The highest BCUT2D eigenvalue weighted by atomic mass is 35.5. The summed E-state index contributed by atoms with van der Waals surface area (Å²) in [6.45, 7) is 3.70. The van der Waals surface area contributed by atoms with Gasteiger partial charge in [0.15, 0.2) is 5.16 Å². The van der Waals surface area contributed by atoms with E-state index in [9.17, 15) is 9.59 Å². The number of amides is 1. The molecule has 1 aromatic carbocycles. The molecule has 2 aromatic heterocycles. The van der Waals surface area contributed by atoms with Gasteiger partial charge in [-0.3, -0.25) is 9.59 Å². The van der Waals surface area contributed by atoms with Gasteiger partial charge >= 0.3 is 0 Å². The molecule has 0 radical (unpaired) electrons. The average molecular weight is 380 g/mol. The average Bonchev–Trinajstić information content (AvgIpc) is 2.90. The molecule has 0 spiro atoms. The van der Waals surface area contributed by atoms with Crippen LogP contribution in [0.25, 0.3) is 10.2 Å². The minimum atomic E-state index is -0.415. The topological polar surface area (TPSA) is 74.8 Å². The van der Waals surface area contributed by atoms with Gasteiger partial charge < -0.3 is 10.3 Å². The molecule has 2 heterocycles. The largest absolute Gasteiger partial charge is 0.325 e. The van der Waals surface area contributed by atoms with Crippen LogP contribution >= 0.6 is 34.7 Å². The number of carbonyl (C=O) groups is 1. The summed E-state index contributed by atoms with van der Waals surface area (Å²) in [5, 5.41) is 4.02. The van der Waals surface area contributed by atoms with Gasteiger partial charge in [0, 0.05) is 15.6 Å². The maximum Gasteiger partial charge on any atom is 0.260 e. The number of benzene rings is 1. The molecule has 1 amide bonds. The van der Waals surface area contributed by atoms with Gasteiger partial charge in [0.25, 0.3) is 5.56 Å². The molecule has 0 saturated carbocycles. The molecule has 5 nitrogen and oxygen atoms in total. The van der Waals surface area contributed by atoms with Crippen LogP contribution in [0.4, 0.5) is 5.69 Å². The smallest absolute Gasteiger partial charge is 0.260 e. The van der Waals surface area contributed by atoms with E-state index in [2.05, 4.69) is 15.3 Å². The van der Waals surface area contributed by atoms with Crippen LogP contribution < -0.4 is 10.9 Å². The van der Waals surface area contributed by atoms with Crippen LogP contribution in [0.15, 0.2) is 40.3 Å². The lowest BCUT2D eigenvalue weighted by Crippen LogP contribution is -2.23. The third kappa shape index (κ3) is 3.80. The minimum Gasteiger partial charge on any atom is -0.325 e. The van der Waals surface area contributed by atoms with Crippen molar-refractivity contribution in [2.24, 2.45) is 0 Å². The second-order valence-corrected chi connectivity index (χ2v) is 8.20. The van der Waals surface area contributed by atoms with Crippen molar-refractivity contribution >= 4 is 56.5 Å². The summed E-state index contributed by atoms with van der Waals surface area (Å²) in [6, 6.07) is 8.70. The fourth-order valence-electron chi connectivity index (χ4n) is 2.09. The van der Waals surface area contributed by atoms with Gasteiger partial charge in [-0.2, -0.15) is 0 Å². The first-order chi connectivity index (χ1) is 11.4. The number of hydrogen-bond donors (Lipinski definition) is 2. The highest BCUT2D eigenvalue weighted by Gasteiger charge is 2.17. The maximum absolute atomic E-state index is 12.3. The van der Waals surface area contributed by atoms with Gasteiger partial charge in [-0.05, 0) is 44.2 Å². The fourth-order valence-corrected chi connectivity index (χ4v) is 3.95. The first kappa shape index (κ1) is 17.0. The predicted molar refractivity (Wildman–Crippen MR) is 100 cm³/mol. The zero-order chi connectivity index (χ0) is 17.3. The predicted octanol–water partition coefficient (Wildman–Crippen LogP) is 4.07. The van der Waals surface area contributed by atoms with Gasteiger partial charge in [0.05, 0.1) is 10.6 Å². The van der Waals surface area contributed by atoms with Crippen molar-refractivity contribution in [3.8, 4) is 0 Å². The zero-order valence-electron chi connectivity index (χ0n) is 12.9. The molecule has 3 aromatic rings. The van der Waals surface area contributed by atoms with E-state index in [-0.39, 0.29) is 11.5 Å². The molecule has 0 fully saturated rings. The van der Waals surface area contributed by atoms with Crippen molar-refractivity contribution < 1.29 is 4.79 Å². The Bertz CT molecular complexity index is 950. The highest BCUT2D eigenvalue weighted by Crippen LogP contribution is 2.25. The number of anilines is 1. The number of hydrogen-bond acceptors (Lipinski definition) is 5. The van der Waals surface area contributed by atoms with Crippen LogP contribution in [-0.4, -0.2) is 21.1 Å². The third-order valence-electron chi connectivity index (χ3n) is 3.27. The van der Waals surface area contributed by atoms with Crippen molar-refractivity contribution in [2.75, 3.05) is 5.32 Å². The number of halogens is 1. The number of carbonyl (C=O) groups excluding carboxylic acids is 1. The number of nitrogens with zero attached hydrogens (tertiary/aromatic N) is 1. The molecular formula is C16H14ClN3O2S2. The quantitative estimate of drug-likeness (QED) is 0.529.